The molecule has 1 aromatic rings. The summed E-state index contributed by atoms with van der Waals surface area (Å²) in [5.41, 5.74) is -0.500. The average molecular weight is 332 g/mol. The zero-order chi connectivity index (χ0) is 15.3. The van der Waals surface area contributed by atoms with Gasteiger partial charge in [-0.1, -0.05) is 6.92 Å². The number of ether oxygens (including phenoxy) is 1. The predicted molar refractivity (Wildman–Crippen MR) is 85.1 cm³/mol. The monoisotopic (exact) mass is 332 g/mol. The fourth-order valence-corrected chi connectivity index (χ4v) is 5.05. The van der Waals surface area contributed by atoms with Gasteiger partial charge in [-0.3, -0.25) is 0 Å². The third-order valence-electron chi connectivity index (χ3n) is 3.48. The third-order valence-corrected chi connectivity index (χ3v) is 6.19. The molecular formula is C14H24N2O3S2. The lowest BCUT2D eigenvalue weighted by atomic mass is 9.97. The van der Waals surface area contributed by atoms with Crippen molar-refractivity contribution in [3.05, 3.63) is 16.3 Å². The number of thiophene rings is 1. The third kappa shape index (κ3) is 4.75. The minimum absolute atomic E-state index is 0.354. The molecule has 1 aromatic heterocycles. The van der Waals surface area contributed by atoms with Gasteiger partial charge in [-0.05, 0) is 38.8 Å². The van der Waals surface area contributed by atoms with Crippen molar-refractivity contribution in [3.63, 3.8) is 0 Å². The number of hydrogen-bond donors (Lipinski definition) is 2. The van der Waals surface area contributed by atoms with Gasteiger partial charge in [-0.15, -0.1) is 11.3 Å². The van der Waals surface area contributed by atoms with Gasteiger partial charge in [0.25, 0.3) is 0 Å². The van der Waals surface area contributed by atoms with Gasteiger partial charge < -0.3 is 10.1 Å². The zero-order valence-corrected chi connectivity index (χ0v) is 14.3. The van der Waals surface area contributed by atoms with Crippen LogP contribution in [0.1, 0.15) is 38.0 Å². The molecule has 2 N–H and O–H groups in total. The van der Waals surface area contributed by atoms with Crippen LogP contribution >= 0.6 is 11.3 Å². The second-order valence-electron chi connectivity index (χ2n) is 5.75. The summed E-state index contributed by atoms with van der Waals surface area (Å²) in [7, 11) is -3.48. The van der Waals surface area contributed by atoms with Crippen molar-refractivity contribution in [1.29, 1.82) is 0 Å². The van der Waals surface area contributed by atoms with Gasteiger partial charge >= 0.3 is 0 Å². The molecule has 0 spiro atoms. The molecule has 0 radical (unpaired) electrons. The Morgan fingerprint density at radius 1 is 1.48 bits per heavy atom. The van der Waals surface area contributed by atoms with E-state index in [1.807, 2.05) is 6.92 Å². The molecule has 21 heavy (non-hydrogen) atoms. The molecule has 2 rings (SSSR count). The van der Waals surface area contributed by atoms with Gasteiger partial charge in [-0.25, -0.2) is 13.1 Å². The fraction of sp³-hybridized carbons (Fsp3) is 0.714. The van der Waals surface area contributed by atoms with Crippen LogP contribution in [0.25, 0.3) is 0 Å². The summed E-state index contributed by atoms with van der Waals surface area (Å²) < 4.78 is 33.1. The van der Waals surface area contributed by atoms with Crippen molar-refractivity contribution < 1.29 is 13.2 Å². The van der Waals surface area contributed by atoms with Crippen LogP contribution in [0, 0.1) is 0 Å². The summed E-state index contributed by atoms with van der Waals surface area (Å²) >= 11 is 1.47. The second-order valence-corrected chi connectivity index (χ2v) is 8.43. The van der Waals surface area contributed by atoms with Crippen LogP contribution in [0.5, 0.6) is 0 Å². The summed E-state index contributed by atoms with van der Waals surface area (Å²) in [5.74, 6) is 0. The Kier molecular flexibility index (Phi) is 5.79. The van der Waals surface area contributed by atoms with E-state index >= 15 is 0 Å². The SMILES string of the molecule is CCCNCc1cc(S(=O)(=O)NC2(C)CCCOC2)cs1. The van der Waals surface area contributed by atoms with Crippen LogP contribution in [0.15, 0.2) is 16.3 Å². The lowest BCUT2D eigenvalue weighted by molar-refractivity contribution is 0.0386. The molecule has 1 unspecified atom stereocenters. The van der Waals surface area contributed by atoms with Crippen LogP contribution in [-0.4, -0.2) is 33.7 Å². The van der Waals surface area contributed by atoms with Crippen molar-refractivity contribution in [2.75, 3.05) is 19.8 Å². The highest BCUT2D eigenvalue weighted by Gasteiger charge is 2.33. The van der Waals surface area contributed by atoms with E-state index < -0.39 is 15.6 Å². The Labute approximate surface area is 131 Å². The maximum absolute atomic E-state index is 12.5. The predicted octanol–water partition coefficient (Wildman–Crippen LogP) is 2.10. The first-order valence-corrected chi connectivity index (χ1v) is 9.71. The number of sulfonamides is 1. The smallest absolute Gasteiger partial charge is 0.241 e. The molecule has 1 saturated heterocycles. The Balaban J connectivity index is 2.02. The van der Waals surface area contributed by atoms with Crippen LogP contribution in [0.2, 0.25) is 0 Å². The first-order chi connectivity index (χ1) is 9.95. The zero-order valence-electron chi connectivity index (χ0n) is 12.6. The molecule has 0 aromatic carbocycles. The minimum atomic E-state index is -3.48. The summed E-state index contributed by atoms with van der Waals surface area (Å²) in [6.45, 7) is 6.81. The molecule has 1 aliphatic heterocycles. The van der Waals surface area contributed by atoms with Gasteiger partial charge in [0.1, 0.15) is 0 Å². The Hall–Kier alpha value is -0.470. The van der Waals surface area contributed by atoms with Gasteiger partial charge in [0.2, 0.25) is 10.0 Å². The first kappa shape index (κ1) is 16.9. The van der Waals surface area contributed by atoms with Crippen LogP contribution in [0.4, 0.5) is 0 Å². The Morgan fingerprint density at radius 2 is 2.29 bits per heavy atom. The maximum Gasteiger partial charge on any atom is 0.241 e. The Morgan fingerprint density at radius 3 is 2.95 bits per heavy atom. The van der Waals surface area contributed by atoms with E-state index in [2.05, 4.69) is 17.0 Å². The van der Waals surface area contributed by atoms with Crippen LogP contribution < -0.4 is 10.0 Å². The molecule has 7 heteroatoms. The van der Waals surface area contributed by atoms with E-state index in [-0.39, 0.29) is 0 Å². The highest BCUT2D eigenvalue weighted by atomic mass is 32.2. The summed E-state index contributed by atoms with van der Waals surface area (Å²) in [5, 5.41) is 4.99. The molecule has 0 aliphatic carbocycles. The summed E-state index contributed by atoms with van der Waals surface area (Å²) in [6.07, 6.45) is 2.76. The molecule has 1 aliphatic rings. The molecule has 120 valence electrons. The van der Waals surface area contributed by atoms with E-state index in [9.17, 15) is 8.42 Å². The second kappa shape index (κ2) is 7.19. The highest BCUT2D eigenvalue weighted by Crippen LogP contribution is 2.24. The molecular weight excluding hydrogens is 308 g/mol. The van der Waals surface area contributed by atoms with E-state index in [0.29, 0.717) is 24.7 Å². The molecule has 2 heterocycles. The lowest BCUT2D eigenvalue weighted by Gasteiger charge is -2.33. The first-order valence-electron chi connectivity index (χ1n) is 7.35. The maximum atomic E-state index is 12.5. The van der Waals surface area contributed by atoms with E-state index in [1.54, 1.807) is 11.4 Å². The molecule has 0 amide bonds. The van der Waals surface area contributed by atoms with Crippen molar-refractivity contribution in [2.24, 2.45) is 0 Å². The molecule has 1 fully saturated rings. The van der Waals surface area contributed by atoms with E-state index in [1.165, 1.54) is 11.3 Å². The quantitative estimate of drug-likeness (QED) is 0.750. The topological polar surface area (TPSA) is 67.4 Å². The van der Waals surface area contributed by atoms with Crippen molar-refractivity contribution in [2.45, 2.75) is 50.1 Å². The van der Waals surface area contributed by atoms with Crippen molar-refractivity contribution in [1.82, 2.24) is 10.0 Å². The molecule has 1 atom stereocenters. The Bertz CT molecular complexity index is 548. The van der Waals surface area contributed by atoms with Gasteiger partial charge in [0, 0.05) is 23.4 Å². The largest absolute Gasteiger partial charge is 0.380 e. The molecule has 0 bridgehead atoms. The minimum Gasteiger partial charge on any atom is -0.380 e. The normalized spacial score (nSPS) is 23.3. The number of nitrogens with one attached hydrogen (secondary N) is 2. The number of rotatable bonds is 7. The van der Waals surface area contributed by atoms with Crippen molar-refractivity contribution >= 4 is 21.4 Å². The lowest BCUT2D eigenvalue weighted by Crippen LogP contribution is -2.51. The van der Waals surface area contributed by atoms with Crippen LogP contribution in [0.3, 0.4) is 0 Å². The van der Waals surface area contributed by atoms with E-state index in [4.69, 9.17) is 4.74 Å². The van der Waals surface area contributed by atoms with Crippen molar-refractivity contribution in [3.8, 4) is 0 Å². The standard InChI is InChI=1S/C14H24N2O3S2/c1-3-6-15-9-12-8-13(10-20-12)21(17,18)16-14(2)5-4-7-19-11-14/h8,10,15-16H,3-7,9,11H2,1-2H3. The summed E-state index contributed by atoms with van der Waals surface area (Å²) in [4.78, 5) is 1.39. The van der Waals surface area contributed by atoms with Gasteiger partial charge in [0.05, 0.1) is 17.0 Å². The fourth-order valence-electron chi connectivity index (χ4n) is 2.38. The van der Waals surface area contributed by atoms with E-state index in [0.717, 1.165) is 30.7 Å². The molecule has 0 saturated carbocycles. The van der Waals surface area contributed by atoms with Gasteiger partial charge in [0.15, 0.2) is 0 Å². The van der Waals surface area contributed by atoms with Gasteiger partial charge in [-0.2, -0.15) is 0 Å². The average Bonchev–Trinajstić information content (AvgIpc) is 2.88. The number of hydrogen-bond acceptors (Lipinski definition) is 5. The molecule has 5 nitrogen and oxygen atoms in total. The van der Waals surface area contributed by atoms with Crippen LogP contribution in [-0.2, 0) is 21.3 Å². The highest BCUT2D eigenvalue weighted by molar-refractivity contribution is 7.89. The summed E-state index contributed by atoms with van der Waals surface area (Å²) in [6, 6.07) is 1.75.